The molecule has 24 heavy (non-hydrogen) atoms. The van der Waals surface area contributed by atoms with Gasteiger partial charge < -0.3 is 16.4 Å². The number of hydrogen-bond donors (Lipinski definition) is 3. The standard InChI is InChI=1S/C18H19N5O/c1-11-15(6-9-21-18(11)24)22-12(2)16-7-8-20-17(23-16)13-4-3-5-14(19)10-13/h3-5,7-8,10,22H,2,6,9,19H2,1H3,(H,21,24). The minimum atomic E-state index is -0.0558. The van der Waals surface area contributed by atoms with Crippen molar-refractivity contribution in [1.29, 1.82) is 0 Å². The van der Waals surface area contributed by atoms with Crippen molar-refractivity contribution in [2.45, 2.75) is 13.3 Å². The summed E-state index contributed by atoms with van der Waals surface area (Å²) in [6, 6.07) is 9.20. The van der Waals surface area contributed by atoms with E-state index in [4.69, 9.17) is 5.73 Å². The zero-order chi connectivity index (χ0) is 17.1. The van der Waals surface area contributed by atoms with Crippen LogP contribution in [0.1, 0.15) is 19.0 Å². The highest BCUT2D eigenvalue weighted by Gasteiger charge is 2.17. The van der Waals surface area contributed by atoms with E-state index >= 15 is 0 Å². The lowest BCUT2D eigenvalue weighted by Crippen LogP contribution is -2.34. The molecule has 0 saturated carbocycles. The Hall–Kier alpha value is -3.15. The predicted octanol–water partition coefficient (Wildman–Crippen LogP) is 2.08. The summed E-state index contributed by atoms with van der Waals surface area (Å²) in [6.07, 6.45) is 2.42. The van der Waals surface area contributed by atoms with Gasteiger partial charge in [0, 0.05) is 41.7 Å². The molecule has 2 aromatic rings. The topological polar surface area (TPSA) is 92.9 Å². The van der Waals surface area contributed by atoms with E-state index in [1.165, 1.54) is 0 Å². The number of carbonyl (C=O) groups is 1. The van der Waals surface area contributed by atoms with Crippen molar-refractivity contribution in [3.05, 3.63) is 60.1 Å². The van der Waals surface area contributed by atoms with Crippen LogP contribution in [0.2, 0.25) is 0 Å². The predicted molar refractivity (Wildman–Crippen MR) is 94.4 cm³/mol. The van der Waals surface area contributed by atoms with Crippen molar-refractivity contribution >= 4 is 17.3 Å². The van der Waals surface area contributed by atoms with Crippen molar-refractivity contribution < 1.29 is 4.79 Å². The number of nitrogens with two attached hydrogens (primary N) is 1. The fourth-order valence-electron chi connectivity index (χ4n) is 2.50. The molecule has 0 atom stereocenters. The molecule has 1 aliphatic rings. The van der Waals surface area contributed by atoms with Crippen molar-refractivity contribution in [3.63, 3.8) is 0 Å². The number of anilines is 1. The van der Waals surface area contributed by atoms with Crippen LogP contribution in [0.15, 0.2) is 54.4 Å². The molecule has 0 spiro atoms. The zero-order valence-corrected chi connectivity index (χ0v) is 13.5. The van der Waals surface area contributed by atoms with Crippen LogP contribution >= 0.6 is 0 Å². The molecule has 0 bridgehead atoms. The highest BCUT2D eigenvalue weighted by molar-refractivity contribution is 5.94. The molecule has 1 aromatic heterocycles. The van der Waals surface area contributed by atoms with E-state index in [0.29, 0.717) is 35.0 Å². The van der Waals surface area contributed by atoms with Crippen molar-refractivity contribution in [2.24, 2.45) is 0 Å². The minimum Gasteiger partial charge on any atom is -0.399 e. The van der Waals surface area contributed by atoms with Gasteiger partial charge in [-0.2, -0.15) is 0 Å². The molecule has 0 unspecified atom stereocenters. The van der Waals surface area contributed by atoms with Gasteiger partial charge in [0.05, 0.1) is 11.4 Å². The van der Waals surface area contributed by atoms with E-state index in [-0.39, 0.29) is 5.91 Å². The summed E-state index contributed by atoms with van der Waals surface area (Å²) in [5, 5.41) is 6.02. The maximum atomic E-state index is 11.7. The first kappa shape index (κ1) is 15.7. The molecule has 1 amide bonds. The normalized spacial score (nSPS) is 14.3. The van der Waals surface area contributed by atoms with Gasteiger partial charge in [-0.05, 0) is 25.1 Å². The summed E-state index contributed by atoms with van der Waals surface area (Å²) in [4.78, 5) is 20.6. The molecule has 0 radical (unpaired) electrons. The Balaban J connectivity index is 1.85. The lowest BCUT2D eigenvalue weighted by Gasteiger charge is -2.20. The number of carbonyl (C=O) groups excluding carboxylic acids is 1. The van der Waals surface area contributed by atoms with Crippen LogP contribution in [0.25, 0.3) is 17.1 Å². The number of aromatic nitrogens is 2. The minimum absolute atomic E-state index is 0.0558. The largest absolute Gasteiger partial charge is 0.399 e. The summed E-state index contributed by atoms with van der Waals surface area (Å²) in [6.45, 7) is 6.45. The maximum absolute atomic E-state index is 11.7. The maximum Gasteiger partial charge on any atom is 0.248 e. The van der Waals surface area contributed by atoms with Gasteiger partial charge in [0.15, 0.2) is 5.82 Å². The molecule has 3 rings (SSSR count). The first-order valence-electron chi connectivity index (χ1n) is 7.68. The molecular weight excluding hydrogens is 302 g/mol. The molecule has 0 saturated heterocycles. The number of nitrogen functional groups attached to an aromatic ring is 1. The summed E-state index contributed by atoms with van der Waals surface area (Å²) in [5.41, 5.74) is 10.2. The van der Waals surface area contributed by atoms with Crippen LogP contribution < -0.4 is 16.4 Å². The van der Waals surface area contributed by atoms with E-state index < -0.39 is 0 Å². The first-order valence-corrected chi connectivity index (χ1v) is 7.68. The summed E-state index contributed by atoms with van der Waals surface area (Å²) in [7, 11) is 0. The molecular formula is C18H19N5O. The van der Waals surface area contributed by atoms with Gasteiger partial charge in [0.2, 0.25) is 5.91 Å². The van der Waals surface area contributed by atoms with Gasteiger partial charge in [0.25, 0.3) is 0 Å². The number of hydrogen-bond acceptors (Lipinski definition) is 5. The Kier molecular flexibility index (Phi) is 4.29. The third-order valence-corrected chi connectivity index (χ3v) is 3.87. The van der Waals surface area contributed by atoms with E-state index in [1.807, 2.05) is 24.3 Å². The van der Waals surface area contributed by atoms with E-state index in [9.17, 15) is 4.79 Å². The van der Waals surface area contributed by atoms with Gasteiger partial charge in [-0.25, -0.2) is 9.97 Å². The van der Waals surface area contributed by atoms with Crippen molar-refractivity contribution in [3.8, 4) is 11.4 Å². The molecule has 4 N–H and O–H groups in total. The second-order valence-electron chi connectivity index (χ2n) is 5.60. The Morgan fingerprint density at radius 3 is 3.00 bits per heavy atom. The Bertz CT molecular complexity index is 841. The lowest BCUT2D eigenvalue weighted by molar-refractivity contribution is -0.117. The fraction of sp³-hybridized carbons (Fsp3) is 0.167. The lowest BCUT2D eigenvalue weighted by atomic mass is 10.1. The van der Waals surface area contributed by atoms with Gasteiger partial charge >= 0.3 is 0 Å². The second-order valence-corrected chi connectivity index (χ2v) is 5.60. The molecule has 122 valence electrons. The van der Waals surface area contributed by atoms with Gasteiger partial charge in [-0.15, -0.1) is 0 Å². The van der Waals surface area contributed by atoms with Gasteiger partial charge in [-0.1, -0.05) is 18.7 Å². The van der Waals surface area contributed by atoms with Gasteiger partial charge in [0.1, 0.15) is 0 Å². The van der Waals surface area contributed by atoms with Crippen molar-refractivity contribution in [2.75, 3.05) is 12.3 Å². The van der Waals surface area contributed by atoms with Crippen LogP contribution in [0.3, 0.4) is 0 Å². The molecule has 1 aliphatic heterocycles. The second kappa shape index (κ2) is 6.54. The van der Waals surface area contributed by atoms with Crippen LogP contribution in [0.5, 0.6) is 0 Å². The first-order chi connectivity index (χ1) is 11.5. The van der Waals surface area contributed by atoms with Gasteiger partial charge in [-0.3, -0.25) is 4.79 Å². The number of nitrogens with zero attached hydrogens (tertiary/aromatic N) is 2. The summed E-state index contributed by atoms with van der Waals surface area (Å²) >= 11 is 0. The Labute approximate surface area is 140 Å². The number of nitrogens with one attached hydrogen (secondary N) is 2. The fourth-order valence-corrected chi connectivity index (χ4v) is 2.50. The summed E-state index contributed by atoms with van der Waals surface area (Å²) < 4.78 is 0. The molecule has 2 heterocycles. The number of amides is 1. The van der Waals surface area contributed by atoms with E-state index in [2.05, 4.69) is 27.2 Å². The van der Waals surface area contributed by atoms with Crippen molar-refractivity contribution in [1.82, 2.24) is 20.6 Å². The average Bonchev–Trinajstić information content (AvgIpc) is 2.59. The van der Waals surface area contributed by atoms with E-state index in [0.717, 1.165) is 17.7 Å². The third kappa shape index (κ3) is 3.27. The quantitative estimate of drug-likeness (QED) is 0.750. The zero-order valence-electron chi connectivity index (χ0n) is 13.5. The molecule has 1 aromatic carbocycles. The number of rotatable bonds is 4. The molecule has 0 aliphatic carbocycles. The Morgan fingerprint density at radius 1 is 1.38 bits per heavy atom. The average molecular weight is 321 g/mol. The van der Waals surface area contributed by atoms with Crippen LogP contribution in [0, 0.1) is 0 Å². The monoisotopic (exact) mass is 321 g/mol. The third-order valence-electron chi connectivity index (χ3n) is 3.87. The van der Waals surface area contributed by atoms with Crippen LogP contribution in [-0.2, 0) is 4.79 Å². The molecule has 6 nitrogen and oxygen atoms in total. The smallest absolute Gasteiger partial charge is 0.248 e. The van der Waals surface area contributed by atoms with Crippen LogP contribution in [0.4, 0.5) is 5.69 Å². The van der Waals surface area contributed by atoms with Crippen LogP contribution in [-0.4, -0.2) is 22.4 Å². The highest BCUT2D eigenvalue weighted by Crippen LogP contribution is 2.20. The SMILES string of the molecule is C=C(NC1=C(C)C(=O)NCC1)c1ccnc(-c2cccc(N)c2)n1. The molecule has 6 heteroatoms. The Morgan fingerprint density at radius 2 is 2.21 bits per heavy atom. The van der Waals surface area contributed by atoms with E-state index in [1.54, 1.807) is 19.2 Å². The summed E-state index contributed by atoms with van der Waals surface area (Å²) in [5.74, 6) is 0.523. The number of benzene rings is 1. The molecule has 0 fully saturated rings. The highest BCUT2D eigenvalue weighted by atomic mass is 16.1.